The molecule has 1 heterocycles. The number of halogens is 1. The summed E-state index contributed by atoms with van der Waals surface area (Å²) in [6.45, 7) is 0. The fraction of sp³-hybridized carbons (Fsp3) is 0.400. The summed E-state index contributed by atoms with van der Waals surface area (Å²) in [7, 11) is 1.55. The Kier molecular flexibility index (Phi) is 2.65. The van der Waals surface area contributed by atoms with Crippen molar-refractivity contribution < 1.29 is 14.2 Å². The lowest BCUT2D eigenvalue weighted by molar-refractivity contribution is 0.195. The highest BCUT2D eigenvalue weighted by atomic mass is 32.2. The number of hydrogen-bond donors (Lipinski definition) is 1. The highest BCUT2D eigenvalue weighted by Gasteiger charge is 2.24. The summed E-state index contributed by atoms with van der Waals surface area (Å²) in [6, 6.07) is 2.95. The zero-order chi connectivity index (χ0) is 10.1. The molecule has 1 aliphatic rings. The Labute approximate surface area is 86.1 Å². The first-order valence-corrected chi connectivity index (χ1v) is 5.50. The number of fused-ring (bicyclic) bond motifs is 1. The molecular weight excluding hydrogens is 203 g/mol. The minimum Gasteiger partial charge on any atom is -0.496 e. The highest BCUT2D eigenvalue weighted by molar-refractivity contribution is 7.98. The van der Waals surface area contributed by atoms with Crippen LogP contribution in [0.1, 0.15) is 17.2 Å². The van der Waals surface area contributed by atoms with Crippen LogP contribution in [-0.4, -0.2) is 18.0 Å². The number of aliphatic hydroxyl groups is 1. The second kappa shape index (κ2) is 3.79. The number of benzene rings is 1. The molecule has 0 spiro atoms. The molecule has 2 nitrogen and oxygen atoms in total. The molecule has 0 aromatic heterocycles. The molecule has 1 N–H and O–H groups in total. The Hall–Kier alpha value is -0.740. The van der Waals surface area contributed by atoms with Crippen LogP contribution >= 0.6 is 11.8 Å². The summed E-state index contributed by atoms with van der Waals surface area (Å²) in [5, 5.41) is 9.65. The van der Waals surface area contributed by atoms with E-state index in [0.29, 0.717) is 22.8 Å². The average molecular weight is 214 g/mol. The maximum Gasteiger partial charge on any atom is 0.129 e. The van der Waals surface area contributed by atoms with Crippen LogP contribution in [-0.2, 0) is 5.75 Å². The van der Waals surface area contributed by atoms with Gasteiger partial charge in [0.1, 0.15) is 11.6 Å². The van der Waals surface area contributed by atoms with E-state index in [4.69, 9.17) is 4.74 Å². The van der Waals surface area contributed by atoms with E-state index in [1.165, 1.54) is 6.07 Å². The fourth-order valence-corrected chi connectivity index (χ4v) is 2.68. The molecule has 1 aromatic carbocycles. The van der Waals surface area contributed by atoms with Gasteiger partial charge in [-0.3, -0.25) is 0 Å². The largest absolute Gasteiger partial charge is 0.496 e. The SMILES string of the molecule is COc1ccc(F)c2c1CSC[C@H]2O. The van der Waals surface area contributed by atoms with Gasteiger partial charge in [0.15, 0.2) is 0 Å². The second-order valence-electron chi connectivity index (χ2n) is 3.17. The Balaban J connectivity index is 2.57. The Morgan fingerprint density at radius 3 is 3.07 bits per heavy atom. The number of methoxy groups -OCH3 is 1. The fourth-order valence-electron chi connectivity index (χ4n) is 1.67. The molecule has 2 rings (SSSR count). The van der Waals surface area contributed by atoms with E-state index >= 15 is 0 Å². The van der Waals surface area contributed by atoms with Gasteiger partial charge in [-0.25, -0.2) is 4.39 Å². The minimum absolute atomic E-state index is 0.339. The number of ether oxygens (including phenoxy) is 1. The van der Waals surface area contributed by atoms with Crippen LogP contribution in [0, 0.1) is 5.82 Å². The molecule has 0 unspecified atom stereocenters. The van der Waals surface area contributed by atoms with Gasteiger partial charge in [-0.05, 0) is 12.1 Å². The van der Waals surface area contributed by atoms with Gasteiger partial charge >= 0.3 is 0 Å². The van der Waals surface area contributed by atoms with Crippen molar-refractivity contribution in [2.75, 3.05) is 12.9 Å². The van der Waals surface area contributed by atoms with Crippen LogP contribution in [0.2, 0.25) is 0 Å². The monoisotopic (exact) mass is 214 g/mol. The molecule has 4 heteroatoms. The molecule has 76 valence electrons. The van der Waals surface area contributed by atoms with E-state index < -0.39 is 6.10 Å². The molecule has 0 saturated heterocycles. The average Bonchev–Trinajstić information content (AvgIpc) is 2.18. The molecule has 0 amide bonds. The summed E-state index contributed by atoms with van der Waals surface area (Å²) in [5.74, 6) is 1.57. The molecule has 0 saturated carbocycles. The Bertz CT molecular complexity index is 354. The van der Waals surface area contributed by atoms with E-state index in [0.717, 1.165) is 5.56 Å². The molecule has 0 radical (unpaired) electrons. The molecule has 1 aliphatic heterocycles. The maximum absolute atomic E-state index is 13.4. The maximum atomic E-state index is 13.4. The lowest BCUT2D eigenvalue weighted by Gasteiger charge is -2.23. The van der Waals surface area contributed by atoms with Crippen LogP contribution in [0.25, 0.3) is 0 Å². The van der Waals surface area contributed by atoms with Gasteiger partial charge < -0.3 is 9.84 Å². The smallest absolute Gasteiger partial charge is 0.129 e. The van der Waals surface area contributed by atoms with E-state index in [1.54, 1.807) is 24.9 Å². The molecule has 1 atom stereocenters. The van der Waals surface area contributed by atoms with Crippen molar-refractivity contribution in [2.45, 2.75) is 11.9 Å². The summed E-state index contributed by atoms with van der Waals surface area (Å²) >= 11 is 1.59. The van der Waals surface area contributed by atoms with Gasteiger partial charge in [-0.15, -0.1) is 0 Å². The summed E-state index contributed by atoms with van der Waals surface area (Å²) in [5.41, 5.74) is 1.19. The van der Waals surface area contributed by atoms with Crippen molar-refractivity contribution in [3.05, 3.63) is 29.1 Å². The van der Waals surface area contributed by atoms with Gasteiger partial charge in [-0.1, -0.05) is 0 Å². The first-order valence-electron chi connectivity index (χ1n) is 4.35. The third kappa shape index (κ3) is 1.48. The molecule has 0 aliphatic carbocycles. The molecule has 0 fully saturated rings. The van der Waals surface area contributed by atoms with Gasteiger partial charge in [0, 0.05) is 22.6 Å². The zero-order valence-corrected chi connectivity index (χ0v) is 8.60. The van der Waals surface area contributed by atoms with Crippen molar-refractivity contribution in [3.63, 3.8) is 0 Å². The number of aliphatic hydroxyl groups excluding tert-OH is 1. The third-order valence-electron chi connectivity index (χ3n) is 2.34. The van der Waals surface area contributed by atoms with E-state index in [-0.39, 0.29) is 5.82 Å². The molecule has 0 bridgehead atoms. The lowest BCUT2D eigenvalue weighted by atomic mass is 10.0. The van der Waals surface area contributed by atoms with E-state index in [2.05, 4.69) is 0 Å². The summed E-state index contributed by atoms with van der Waals surface area (Å²) < 4.78 is 18.5. The van der Waals surface area contributed by atoms with Gasteiger partial charge in [0.05, 0.1) is 13.2 Å². The van der Waals surface area contributed by atoms with Crippen molar-refractivity contribution in [1.29, 1.82) is 0 Å². The predicted octanol–water partition coefficient (Wildman–Crippen LogP) is 2.11. The van der Waals surface area contributed by atoms with Crippen molar-refractivity contribution in [2.24, 2.45) is 0 Å². The second-order valence-corrected chi connectivity index (χ2v) is 4.20. The van der Waals surface area contributed by atoms with Crippen LogP contribution in [0.4, 0.5) is 4.39 Å². The van der Waals surface area contributed by atoms with E-state index in [9.17, 15) is 9.50 Å². The molecule has 1 aromatic rings. The Morgan fingerprint density at radius 2 is 2.36 bits per heavy atom. The number of hydrogen-bond acceptors (Lipinski definition) is 3. The van der Waals surface area contributed by atoms with Gasteiger partial charge in [0.2, 0.25) is 0 Å². The van der Waals surface area contributed by atoms with Crippen LogP contribution in [0.3, 0.4) is 0 Å². The third-order valence-corrected chi connectivity index (χ3v) is 3.38. The normalized spacial score (nSPS) is 20.4. The zero-order valence-electron chi connectivity index (χ0n) is 7.79. The topological polar surface area (TPSA) is 29.5 Å². The summed E-state index contributed by atoms with van der Waals surface area (Å²) in [4.78, 5) is 0. The molecule has 14 heavy (non-hydrogen) atoms. The van der Waals surface area contributed by atoms with Crippen LogP contribution in [0.5, 0.6) is 5.75 Å². The first-order chi connectivity index (χ1) is 6.74. The van der Waals surface area contributed by atoms with Gasteiger partial charge in [-0.2, -0.15) is 11.8 Å². The predicted molar refractivity (Wildman–Crippen MR) is 54.1 cm³/mol. The molecular formula is C10H11FO2S. The van der Waals surface area contributed by atoms with Crippen LogP contribution in [0.15, 0.2) is 12.1 Å². The Morgan fingerprint density at radius 1 is 1.57 bits per heavy atom. The standard InChI is InChI=1S/C10H11FO2S/c1-13-9-3-2-7(11)10-6(9)4-14-5-8(10)12/h2-3,8,12H,4-5H2,1H3/t8-/m1/s1. The lowest BCUT2D eigenvalue weighted by Crippen LogP contribution is -2.13. The summed E-state index contributed by atoms with van der Waals surface area (Å²) in [6.07, 6.45) is -0.709. The number of thioether (sulfide) groups is 1. The minimum atomic E-state index is -0.709. The van der Waals surface area contributed by atoms with Gasteiger partial charge in [0.25, 0.3) is 0 Å². The van der Waals surface area contributed by atoms with Crippen LogP contribution < -0.4 is 4.74 Å². The quantitative estimate of drug-likeness (QED) is 0.776. The highest BCUT2D eigenvalue weighted by Crippen LogP contribution is 2.38. The van der Waals surface area contributed by atoms with Crippen molar-refractivity contribution in [3.8, 4) is 5.75 Å². The van der Waals surface area contributed by atoms with Crippen molar-refractivity contribution >= 4 is 11.8 Å². The first kappa shape index (κ1) is 9.80. The van der Waals surface area contributed by atoms with E-state index in [1.807, 2.05) is 0 Å². The van der Waals surface area contributed by atoms with Crippen molar-refractivity contribution in [1.82, 2.24) is 0 Å². The number of rotatable bonds is 1.